The number of nitrogens with one attached hydrogen (secondary N) is 1. The number of anilines is 2. The molecule has 1 amide bonds. The standard InChI is InChI=1S/C12H19N3O2S/c1-14-12(17)11-9(13)5-10(18-11)15-4-2-3-8(6-15)7-16/h5,8,16H,2-4,6-7,13H2,1H3,(H,14,17). The molecule has 2 rings (SSSR count). The van der Waals surface area contributed by atoms with Crippen LogP contribution in [0.4, 0.5) is 10.7 Å². The predicted molar refractivity (Wildman–Crippen MR) is 74.1 cm³/mol. The number of thiophene rings is 1. The molecular weight excluding hydrogens is 250 g/mol. The van der Waals surface area contributed by atoms with Crippen molar-refractivity contribution in [2.24, 2.45) is 5.92 Å². The van der Waals surface area contributed by atoms with Crippen molar-refractivity contribution >= 4 is 27.9 Å². The first kappa shape index (κ1) is 13.2. The maximum Gasteiger partial charge on any atom is 0.263 e. The van der Waals surface area contributed by atoms with Crippen LogP contribution in [0.3, 0.4) is 0 Å². The lowest BCUT2D eigenvalue weighted by atomic mass is 9.99. The number of hydrogen-bond donors (Lipinski definition) is 3. The monoisotopic (exact) mass is 269 g/mol. The summed E-state index contributed by atoms with van der Waals surface area (Å²) in [4.78, 5) is 14.4. The first-order chi connectivity index (χ1) is 8.65. The Hall–Kier alpha value is -1.27. The van der Waals surface area contributed by atoms with Gasteiger partial charge in [-0.3, -0.25) is 4.79 Å². The van der Waals surface area contributed by atoms with Gasteiger partial charge in [-0.15, -0.1) is 11.3 Å². The zero-order chi connectivity index (χ0) is 13.1. The van der Waals surface area contributed by atoms with E-state index in [-0.39, 0.29) is 12.5 Å². The first-order valence-electron chi connectivity index (χ1n) is 6.13. The third-order valence-corrected chi connectivity index (χ3v) is 4.48. The second-order valence-corrected chi connectivity index (χ2v) is 5.62. The largest absolute Gasteiger partial charge is 0.397 e. The molecule has 1 aliphatic heterocycles. The molecular formula is C12H19N3O2S. The molecule has 100 valence electrons. The lowest BCUT2D eigenvalue weighted by molar-refractivity contribution is 0.0968. The number of nitrogens with two attached hydrogens (primary N) is 1. The third-order valence-electron chi connectivity index (χ3n) is 3.27. The molecule has 6 heteroatoms. The number of piperidine rings is 1. The van der Waals surface area contributed by atoms with Crippen LogP contribution in [0.5, 0.6) is 0 Å². The predicted octanol–water partition coefficient (Wildman–Crippen LogP) is 0.899. The van der Waals surface area contributed by atoms with Gasteiger partial charge >= 0.3 is 0 Å². The van der Waals surface area contributed by atoms with Crippen molar-refractivity contribution in [2.75, 3.05) is 37.4 Å². The SMILES string of the molecule is CNC(=O)c1sc(N2CCCC(CO)C2)cc1N. The maximum absolute atomic E-state index is 11.6. The van der Waals surface area contributed by atoms with Gasteiger partial charge in [0.15, 0.2) is 0 Å². The van der Waals surface area contributed by atoms with Crippen molar-refractivity contribution in [1.29, 1.82) is 0 Å². The van der Waals surface area contributed by atoms with Crippen LogP contribution < -0.4 is 16.0 Å². The van der Waals surface area contributed by atoms with Crippen molar-refractivity contribution in [2.45, 2.75) is 12.8 Å². The first-order valence-corrected chi connectivity index (χ1v) is 6.94. The van der Waals surface area contributed by atoms with E-state index in [2.05, 4.69) is 10.2 Å². The van der Waals surface area contributed by atoms with E-state index in [1.165, 1.54) is 11.3 Å². The molecule has 1 unspecified atom stereocenters. The fourth-order valence-electron chi connectivity index (χ4n) is 2.25. The fourth-order valence-corrected chi connectivity index (χ4v) is 3.31. The van der Waals surface area contributed by atoms with Crippen molar-refractivity contribution in [1.82, 2.24) is 5.32 Å². The van der Waals surface area contributed by atoms with E-state index in [4.69, 9.17) is 5.73 Å². The summed E-state index contributed by atoms with van der Waals surface area (Å²) in [7, 11) is 1.60. The molecule has 0 aliphatic carbocycles. The summed E-state index contributed by atoms with van der Waals surface area (Å²) in [5, 5.41) is 12.8. The van der Waals surface area contributed by atoms with Crippen molar-refractivity contribution in [3.63, 3.8) is 0 Å². The number of carbonyl (C=O) groups excluding carboxylic acids is 1. The summed E-state index contributed by atoms with van der Waals surface area (Å²) < 4.78 is 0. The van der Waals surface area contributed by atoms with Crippen LogP contribution in [0.25, 0.3) is 0 Å². The Bertz CT molecular complexity index is 433. The Morgan fingerprint density at radius 2 is 2.50 bits per heavy atom. The minimum absolute atomic E-state index is 0.139. The van der Waals surface area contributed by atoms with Crippen LogP contribution in [-0.2, 0) is 0 Å². The minimum Gasteiger partial charge on any atom is -0.397 e. The molecule has 0 bridgehead atoms. The van der Waals surface area contributed by atoms with Gasteiger partial charge in [-0.05, 0) is 24.8 Å². The number of amides is 1. The van der Waals surface area contributed by atoms with Gasteiger partial charge in [0.1, 0.15) is 4.88 Å². The average Bonchev–Trinajstić information content (AvgIpc) is 2.80. The molecule has 1 fully saturated rings. The van der Waals surface area contributed by atoms with E-state index >= 15 is 0 Å². The van der Waals surface area contributed by atoms with Crippen LogP contribution in [-0.4, -0.2) is 37.8 Å². The van der Waals surface area contributed by atoms with Gasteiger partial charge in [-0.1, -0.05) is 0 Å². The zero-order valence-electron chi connectivity index (χ0n) is 10.5. The van der Waals surface area contributed by atoms with Crippen LogP contribution in [0.2, 0.25) is 0 Å². The molecule has 5 nitrogen and oxygen atoms in total. The fraction of sp³-hybridized carbons (Fsp3) is 0.583. The lowest BCUT2D eigenvalue weighted by Crippen LogP contribution is -2.36. The van der Waals surface area contributed by atoms with Gasteiger partial charge < -0.3 is 21.1 Å². The Balaban J connectivity index is 2.16. The molecule has 18 heavy (non-hydrogen) atoms. The van der Waals surface area contributed by atoms with E-state index in [9.17, 15) is 9.90 Å². The van der Waals surface area contributed by atoms with E-state index in [0.717, 1.165) is 30.9 Å². The summed E-state index contributed by atoms with van der Waals surface area (Å²) in [5.74, 6) is 0.185. The van der Waals surface area contributed by atoms with E-state index in [1.807, 2.05) is 6.07 Å². The molecule has 0 spiro atoms. The number of aliphatic hydroxyl groups excluding tert-OH is 1. The molecule has 1 aromatic rings. The smallest absolute Gasteiger partial charge is 0.263 e. The molecule has 1 atom stereocenters. The topological polar surface area (TPSA) is 78.6 Å². The lowest BCUT2D eigenvalue weighted by Gasteiger charge is -2.32. The number of nitrogens with zero attached hydrogens (tertiary/aromatic N) is 1. The molecule has 0 aromatic carbocycles. The summed E-state index contributed by atoms with van der Waals surface area (Å²) in [6.07, 6.45) is 2.13. The molecule has 4 N–H and O–H groups in total. The van der Waals surface area contributed by atoms with Crippen LogP contribution in [0, 0.1) is 5.92 Å². The minimum atomic E-state index is -0.139. The van der Waals surface area contributed by atoms with Crippen molar-refractivity contribution in [3.8, 4) is 0 Å². The highest BCUT2D eigenvalue weighted by molar-refractivity contribution is 7.18. The Kier molecular flexibility index (Phi) is 4.08. The molecule has 0 radical (unpaired) electrons. The summed E-state index contributed by atoms with van der Waals surface area (Å²) in [5.41, 5.74) is 6.39. The Morgan fingerprint density at radius 3 is 3.17 bits per heavy atom. The number of hydrogen-bond acceptors (Lipinski definition) is 5. The highest BCUT2D eigenvalue weighted by Gasteiger charge is 2.22. The summed E-state index contributed by atoms with van der Waals surface area (Å²) >= 11 is 1.42. The van der Waals surface area contributed by atoms with Crippen LogP contribution in [0.1, 0.15) is 22.5 Å². The van der Waals surface area contributed by atoms with E-state index < -0.39 is 0 Å². The summed E-state index contributed by atoms with van der Waals surface area (Å²) in [6.45, 7) is 2.02. The van der Waals surface area contributed by atoms with Crippen LogP contribution >= 0.6 is 11.3 Å². The third kappa shape index (κ3) is 2.59. The van der Waals surface area contributed by atoms with Crippen LogP contribution in [0.15, 0.2) is 6.07 Å². The molecule has 1 saturated heterocycles. The average molecular weight is 269 g/mol. The molecule has 1 aliphatic rings. The molecule has 0 saturated carbocycles. The van der Waals surface area contributed by atoms with Crippen molar-refractivity contribution in [3.05, 3.63) is 10.9 Å². The highest BCUT2D eigenvalue weighted by atomic mass is 32.1. The highest BCUT2D eigenvalue weighted by Crippen LogP contribution is 2.34. The summed E-state index contributed by atoms with van der Waals surface area (Å²) in [6, 6.07) is 1.86. The van der Waals surface area contributed by atoms with E-state index in [0.29, 0.717) is 16.5 Å². The second-order valence-electron chi connectivity index (χ2n) is 4.59. The van der Waals surface area contributed by atoms with Gasteiger partial charge in [0.25, 0.3) is 5.91 Å². The second kappa shape index (κ2) is 5.58. The number of nitrogen functional groups attached to an aromatic ring is 1. The van der Waals surface area contributed by atoms with Gasteiger partial charge in [-0.25, -0.2) is 0 Å². The number of rotatable bonds is 3. The molecule has 2 heterocycles. The van der Waals surface area contributed by atoms with Crippen molar-refractivity contribution < 1.29 is 9.90 Å². The number of aliphatic hydroxyl groups is 1. The van der Waals surface area contributed by atoms with Gasteiger partial charge in [0.05, 0.1) is 10.7 Å². The molecule has 1 aromatic heterocycles. The zero-order valence-corrected chi connectivity index (χ0v) is 11.3. The Labute approximate surface area is 111 Å². The normalized spacial score (nSPS) is 19.9. The number of carbonyl (C=O) groups is 1. The maximum atomic E-state index is 11.6. The van der Waals surface area contributed by atoms with Gasteiger partial charge in [0, 0.05) is 26.7 Å². The Morgan fingerprint density at radius 1 is 1.72 bits per heavy atom. The quantitative estimate of drug-likeness (QED) is 0.762. The van der Waals surface area contributed by atoms with E-state index in [1.54, 1.807) is 7.05 Å². The van der Waals surface area contributed by atoms with Gasteiger partial charge in [-0.2, -0.15) is 0 Å². The van der Waals surface area contributed by atoms with Gasteiger partial charge in [0.2, 0.25) is 0 Å².